The van der Waals surface area contributed by atoms with Crippen molar-refractivity contribution < 1.29 is 0 Å². The molecule has 112 valence electrons. The van der Waals surface area contributed by atoms with E-state index in [1.807, 2.05) is 45.0 Å². The summed E-state index contributed by atoms with van der Waals surface area (Å²) in [5.41, 5.74) is 5.95. The minimum atomic E-state index is 0.347. The van der Waals surface area contributed by atoms with Gasteiger partial charge in [-0.2, -0.15) is 5.26 Å². The number of rotatable bonds is 3. The van der Waals surface area contributed by atoms with Gasteiger partial charge in [-0.15, -0.1) is 0 Å². The topological polar surface area (TPSA) is 48.5 Å². The summed E-state index contributed by atoms with van der Waals surface area (Å²) in [4.78, 5) is 9.25. The first kappa shape index (κ1) is 15.9. The van der Waals surface area contributed by atoms with Gasteiger partial charge in [0.15, 0.2) is 0 Å². The molecule has 22 heavy (non-hydrogen) atoms. The molecule has 0 saturated carbocycles. The first-order chi connectivity index (χ1) is 10.6. The molecule has 0 saturated heterocycles. The van der Waals surface area contributed by atoms with Crippen LogP contribution in [-0.2, 0) is 0 Å². The summed E-state index contributed by atoms with van der Waals surface area (Å²) in [5.74, 6) is 0.347. The maximum atomic E-state index is 9.04. The van der Waals surface area contributed by atoms with Crippen LogP contribution in [0.25, 0.3) is 0 Å². The Bertz CT molecular complexity index is 728. The van der Waals surface area contributed by atoms with Crippen molar-refractivity contribution in [2.45, 2.75) is 40.0 Å². The summed E-state index contributed by atoms with van der Waals surface area (Å²) in [6, 6.07) is 7.92. The van der Waals surface area contributed by atoms with Crippen molar-refractivity contribution in [3.05, 3.63) is 53.3 Å². The Kier molecular flexibility index (Phi) is 5.06. The number of aliphatic imine (C=N–C) groups is 2. The molecule has 0 spiro atoms. The first-order valence-corrected chi connectivity index (χ1v) is 7.55. The zero-order valence-electron chi connectivity index (χ0n) is 13.6. The molecule has 3 heteroatoms. The van der Waals surface area contributed by atoms with Gasteiger partial charge in [-0.25, -0.2) is 0 Å². The molecule has 0 bridgehead atoms. The largest absolute Gasteiger partial charge is 0.261 e. The first-order valence-electron chi connectivity index (χ1n) is 7.55. The summed E-state index contributed by atoms with van der Waals surface area (Å²) in [5, 5.41) is 9.04. The number of hydrogen-bond acceptors (Lipinski definition) is 3. The highest BCUT2D eigenvalue weighted by molar-refractivity contribution is 6.24. The highest BCUT2D eigenvalue weighted by atomic mass is 14.8. The lowest BCUT2D eigenvalue weighted by Crippen LogP contribution is -2.16. The smallest absolute Gasteiger partial charge is 0.0991 e. The van der Waals surface area contributed by atoms with Crippen molar-refractivity contribution >= 4 is 17.1 Å². The van der Waals surface area contributed by atoms with Gasteiger partial charge in [-0.3, -0.25) is 9.98 Å². The Labute approximate surface area is 132 Å². The monoisotopic (exact) mass is 291 g/mol. The third-order valence-electron chi connectivity index (χ3n) is 3.85. The second-order valence-electron chi connectivity index (χ2n) is 5.45. The van der Waals surface area contributed by atoms with E-state index in [4.69, 9.17) is 10.3 Å². The minimum Gasteiger partial charge on any atom is -0.261 e. The van der Waals surface area contributed by atoms with Crippen LogP contribution in [0.1, 0.15) is 51.2 Å². The lowest BCUT2D eigenvalue weighted by molar-refractivity contribution is 0.792. The van der Waals surface area contributed by atoms with Gasteiger partial charge in [0.2, 0.25) is 0 Å². The lowest BCUT2D eigenvalue weighted by Gasteiger charge is -2.23. The van der Waals surface area contributed by atoms with Gasteiger partial charge in [0.25, 0.3) is 0 Å². The van der Waals surface area contributed by atoms with Crippen LogP contribution in [0.2, 0.25) is 0 Å². The molecule has 0 aromatic heterocycles. The highest BCUT2D eigenvalue weighted by Crippen LogP contribution is 2.36. The average molecular weight is 291 g/mol. The summed E-state index contributed by atoms with van der Waals surface area (Å²) < 4.78 is 0. The SMILES string of the molecule is C\C=C/N=C(C)\C(=C/C)C1=Nc2ccc(C#N)cc2C(C)C1. The van der Waals surface area contributed by atoms with E-state index in [0.29, 0.717) is 11.5 Å². The van der Waals surface area contributed by atoms with E-state index < -0.39 is 0 Å². The Morgan fingerprint density at radius 3 is 2.82 bits per heavy atom. The summed E-state index contributed by atoms with van der Waals surface area (Å²) in [7, 11) is 0. The molecule has 1 aromatic rings. The minimum absolute atomic E-state index is 0.347. The molecule has 1 aliphatic heterocycles. The van der Waals surface area contributed by atoms with Gasteiger partial charge in [0.1, 0.15) is 0 Å². The van der Waals surface area contributed by atoms with Gasteiger partial charge >= 0.3 is 0 Å². The van der Waals surface area contributed by atoms with Crippen LogP contribution in [0, 0.1) is 11.3 Å². The van der Waals surface area contributed by atoms with Gasteiger partial charge in [0, 0.05) is 17.5 Å². The van der Waals surface area contributed by atoms with E-state index in [0.717, 1.165) is 34.7 Å². The molecule has 1 heterocycles. The molecule has 0 aliphatic carbocycles. The number of benzene rings is 1. The summed E-state index contributed by atoms with van der Waals surface area (Å²) in [6.45, 7) is 8.16. The van der Waals surface area contributed by atoms with Crippen molar-refractivity contribution in [1.82, 2.24) is 0 Å². The fourth-order valence-electron chi connectivity index (χ4n) is 2.72. The number of allylic oxidation sites excluding steroid dienone is 3. The van der Waals surface area contributed by atoms with Crippen LogP contribution in [0.15, 0.2) is 52.1 Å². The van der Waals surface area contributed by atoms with E-state index >= 15 is 0 Å². The van der Waals surface area contributed by atoms with Crippen molar-refractivity contribution in [1.29, 1.82) is 5.26 Å². The van der Waals surface area contributed by atoms with Crippen molar-refractivity contribution in [2.24, 2.45) is 9.98 Å². The van der Waals surface area contributed by atoms with Crippen LogP contribution in [0.3, 0.4) is 0 Å². The van der Waals surface area contributed by atoms with Crippen molar-refractivity contribution in [2.75, 3.05) is 0 Å². The predicted molar refractivity (Wildman–Crippen MR) is 93.0 cm³/mol. The third kappa shape index (κ3) is 3.23. The average Bonchev–Trinajstić information content (AvgIpc) is 2.53. The molecule has 0 fully saturated rings. The second-order valence-corrected chi connectivity index (χ2v) is 5.45. The Morgan fingerprint density at radius 1 is 1.41 bits per heavy atom. The summed E-state index contributed by atoms with van der Waals surface area (Å²) in [6.07, 6.45) is 6.66. The highest BCUT2D eigenvalue weighted by Gasteiger charge is 2.22. The zero-order chi connectivity index (χ0) is 16.1. The van der Waals surface area contributed by atoms with Gasteiger partial charge in [-0.1, -0.05) is 19.1 Å². The summed E-state index contributed by atoms with van der Waals surface area (Å²) >= 11 is 0. The van der Waals surface area contributed by atoms with Crippen molar-refractivity contribution in [3.8, 4) is 6.07 Å². The Morgan fingerprint density at radius 2 is 2.18 bits per heavy atom. The van der Waals surface area contributed by atoms with Crippen molar-refractivity contribution in [3.63, 3.8) is 0 Å². The number of fused-ring (bicyclic) bond motifs is 1. The fourth-order valence-corrected chi connectivity index (χ4v) is 2.72. The van der Waals surface area contributed by atoms with E-state index in [1.54, 1.807) is 6.20 Å². The quantitative estimate of drug-likeness (QED) is 0.716. The second kappa shape index (κ2) is 7.00. The third-order valence-corrected chi connectivity index (χ3v) is 3.85. The van der Waals surface area contributed by atoms with Gasteiger partial charge < -0.3 is 0 Å². The van der Waals surface area contributed by atoms with Crippen LogP contribution in [0.5, 0.6) is 0 Å². The number of hydrogen-bond donors (Lipinski definition) is 0. The van der Waals surface area contributed by atoms with Crippen LogP contribution < -0.4 is 0 Å². The molecule has 3 nitrogen and oxygen atoms in total. The zero-order valence-corrected chi connectivity index (χ0v) is 13.6. The van der Waals surface area contributed by atoms with Gasteiger partial charge in [0.05, 0.1) is 23.0 Å². The molecule has 1 aromatic carbocycles. The molecular weight excluding hydrogens is 270 g/mol. The molecule has 1 atom stereocenters. The predicted octanol–water partition coefficient (Wildman–Crippen LogP) is 5.08. The standard InChI is InChI=1S/C19H21N3/c1-5-9-21-14(4)16(6-2)19-10-13(3)17-11-15(12-20)7-8-18(17)22-19/h5-9,11,13H,10H2,1-4H3/b9-5-,16-6+,21-14-. The molecule has 0 radical (unpaired) electrons. The van der Waals surface area contributed by atoms with Crippen LogP contribution >= 0.6 is 0 Å². The van der Waals surface area contributed by atoms with Gasteiger partial charge in [-0.05, 0) is 56.9 Å². The maximum absolute atomic E-state index is 9.04. The van der Waals surface area contributed by atoms with E-state index in [2.05, 4.69) is 24.1 Å². The van der Waals surface area contributed by atoms with E-state index in [-0.39, 0.29) is 0 Å². The molecule has 1 aliphatic rings. The van der Waals surface area contributed by atoms with Crippen LogP contribution in [-0.4, -0.2) is 11.4 Å². The molecule has 0 amide bonds. The molecular formula is C19H21N3. The molecule has 2 rings (SSSR count). The van der Waals surface area contributed by atoms with E-state index in [1.165, 1.54) is 0 Å². The fraction of sp³-hybridized carbons (Fsp3) is 0.316. The Hall–Kier alpha value is -2.47. The number of nitrogens with zero attached hydrogens (tertiary/aromatic N) is 3. The molecule has 0 N–H and O–H groups in total. The number of nitriles is 1. The molecule has 1 unspecified atom stereocenters. The normalized spacial score (nSPS) is 18.9. The van der Waals surface area contributed by atoms with E-state index in [9.17, 15) is 0 Å². The lowest BCUT2D eigenvalue weighted by atomic mass is 9.86. The maximum Gasteiger partial charge on any atom is 0.0991 e. The Balaban J connectivity index is 2.45. The van der Waals surface area contributed by atoms with Crippen LogP contribution in [0.4, 0.5) is 5.69 Å².